The number of hydrogen-bond donors (Lipinski definition) is 1. The molecule has 0 radical (unpaired) electrons. The van der Waals surface area contributed by atoms with Crippen LogP contribution < -0.4 is 5.32 Å². The van der Waals surface area contributed by atoms with Crippen LogP contribution in [0.3, 0.4) is 0 Å². The number of carbonyl (C=O) groups is 1. The van der Waals surface area contributed by atoms with E-state index in [1.165, 1.54) is 12.1 Å². The first kappa shape index (κ1) is 19.4. The number of nitrogens with one attached hydrogen (secondary N) is 1. The van der Waals surface area contributed by atoms with E-state index in [9.17, 15) is 13.6 Å². The van der Waals surface area contributed by atoms with Crippen LogP contribution in [0.4, 0.5) is 8.78 Å². The topological polar surface area (TPSA) is 53.4 Å². The second-order valence-corrected chi connectivity index (χ2v) is 6.68. The van der Waals surface area contributed by atoms with Crippen molar-refractivity contribution in [3.05, 3.63) is 47.3 Å². The molecule has 0 bridgehead atoms. The first-order valence-corrected chi connectivity index (χ1v) is 9.23. The van der Waals surface area contributed by atoms with Gasteiger partial charge in [-0.3, -0.25) is 9.69 Å². The Balaban J connectivity index is 1.58. The highest BCUT2D eigenvalue weighted by Gasteiger charge is 2.19. The highest BCUT2D eigenvalue weighted by Crippen LogP contribution is 2.19. The molecule has 8 heteroatoms. The fourth-order valence-corrected chi connectivity index (χ4v) is 3.25. The van der Waals surface area contributed by atoms with Crippen LogP contribution >= 0.6 is 0 Å². The van der Waals surface area contributed by atoms with Crippen LogP contribution in [0.15, 0.2) is 24.3 Å². The summed E-state index contributed by atoms with van der Waals surface area (Å²) >= 11 is 0. The number of aromatic nitrogens is 2. The maximum absolute atomic E-state index is 14.0. The fraction of sp³-hybridized carbons (Fsp3) is 0.474. The lowest BCUT2D eigenvalue weighted by atomic mass is 10.3. The minimum Gasteiger partial charge on any atom is -0.349 e. The van der Waals surface area contributed by atoms with E-state index in [4.69, 9.17) is 0 Å². The van der Waals surface area contributed by atoms with Gasteiger partial charge in [0.2, 0.25) is 0 Å². The average Bonchev–Trinajstić information content (AvgIpc) is 3.04. The zero-order chi connectivity index (χ0) is 19.4. The van der Waals surface area contributed by atoms with Crippen LogP contribution in [-0.4, -0.2) is 71.3 Å². The number of benzene rings is 1. The van der Waals surface area contributed by atoms with Gasteiger partial charge < -0.3 is 10.2 Å². The van der Waals surface area contributed by atoms with Crippen LogP contribution in [0.25, 0.3) is 5.69 Å². The molecule has 3 rings (SSSR count). The molecule has 2 heterocycles. The third-order valence-electron chi connectivity index (χ3n) is 4.90. The van der Waals surface area contributed by atoms with E-state index >= 15 is 0 Å². The van der Waals surface area contributed by atoms with Crippen molar-refractivity contribution in [1.29, 1.82) is 0 Å². The largest absolute Gasteiger partial charge is 0.349 e. The Morgan fingerprint density at radius 1 is 1.15 bits per heavy atom. The molecule has 1 N–H and O–H groups in total. The maximum atomic E-state index is 14.0. The van der Waals surface area contributed by atoms with Gasteiger partial charge in [-0.05, 0) is 31.7 Å². The smallest absolute Gasteiger partial charge is 0.271 e. The van der Waals surface area contributed by atoms with Crippen molar-refractivity contribution in [2.75, 3.05) is 45.8 Å². The molecule has 0 spiro atoms. The number of nitrogens with zero attached hydrogens (tertiary/aromatic N) is 4. The predicted molar refractivity (Wildman–Crippen MR) is 99.1 cm³/mol. The Morgan fingerprint density at radius 2 is 1.78 bits per heavy atom. The van der Waals surface area contributed by atoms with Gasteiger partial charge in [0.1, 0.15) is 5.69 Å². The van der Waals surface area contributed by atoms with Gasteiger partial charge in [-0.1, -0.05) is 13.0 Å². The molecular formula is C19H25F2N5O. The van der Waals surface area contributed by atoms with E-state index in [1.54, 1.807) is 6.92 Å². The molecule has 27 heavy (non-hydrogen) atoms. The predicted octanol–water partition coefficient (Wildman–Crippen LogP) is 1.83. The Kier molecular flexibility index (Phi) is 6.18. The van der Waals surface area contributed by atoms with Crippen LogP contribution in [0.2, 0.25) is 0 Å². The van der Waals surface area contributed by atoms with Crippen molar-refractivity contribution in [3.63, 3.8) is 0 Å². The number of amides is 1. The molecule has 1 aromatic carbocycles. The van der Waals surface area contributed by atoms with Gasteiger partial charge in [-0.25, -0.2) is 13.5 Å². The van der Waals surface area contributed by atoms with Gasteiger partial charge in [0, 0.05) is 45.0 Å². The number of carbonyl (C=O) groups excluding carboxylic acids is 1. The zero-order valence-corrected chi connectivity index (χ0v) is 15.7. The lowest BCUT2D eigenvalue weighted by molar-refractivity contribution is 0.0932. The second-order valence-electron chi connectivity index (χ2n) is 6.68. The summed E-state index contributed by atoms with van der Waals surface area (Å²) < 4.78 is 29.1. The molecule has 1 fully saturated rings. The molecule has 6 nitrogen and oxygen atoms in total. The third kappa shape index (κ3) is 4.51. The average molecular weight is 377 g/mol. The number of hydrogen-bond acceptors (Lipinski definition) is 4. The summed E-state index contributed by atoms with van der Waals surface area (Å²) in [6, 6.07) is 5.15. The SMILES string of the molecule is CCN1CCN(CCNC(=O)c2cc(C)n(-c3c(F)cccc3F)n2)CC1. The van der Waals surface area contributed by atoms with Crippen molar-refractivity contribution in [2.24, 2.45) is 0 Å². The van der Waals surface area contributed by atoms with Gasteiger partial charge in [0.05, 0.1) is 0 Å². The van der Waals surface area contributed by atoms with Crippen molar-refractivity contribution in [2.45, 2.75) is 13.8 Å². The molecular weight excluding hydrogens is 352 g/mol. The molecule has 1 aromatic heterocycles. The summed E-state index contributed by atoms with van der Waals surface area (Å²) in [6.45, 7) is 10.2. The summed E-state index contributed by atoms with van der Waals surface area (Å²) in [7, 11) is 0. The van der Waals surface area contributed by atoms with Crippen LogP contribution in [0, 0.1) is 18.6 Å². The van der Waals surface area contributed by atoms with E-state index in [1.807, 2.05) is 0 Å². The minimum atomic E-state index is -0.723. The second kappa shape index (κ2) is 8.58. The van der Waals surface area contributed by atoms with Crippen LogP contribution in [-0.2, 0) is 0 Å². The summed E-state index contributed by atoms with van der Waals surface area (Å²) in [5.74, 6) is -1.79. The quantitative estimate of drug-likeness (QED) is 0.835. The molecule has 146 valence electrons. The van der Waals surface area contributed by atoms with Gasteiger partial charge in [0.25, 0.3) is 5.91 Å². The lowest BCUT2D eigenvalue weighted by Gasteiger charge is -2.33. The first-order chi connectivity index (χ1) is 13.0. The zero-order valence-electron chi connectivity index (χ0n) is 15.7. The Bertz CT molecular complexity index is 779. The van der Waals surface area contributed by atoms with E-state index < -0.39 is 11.6 Å². The van der Waals surface area contributed by atoms with Gasteiger partial charge in [-0.15, -0.1) is 0 Å². The Labute approximate surface area is 157 Å². The number of halogens is 2. The summed E-state index contributed by atoms with van der Waals surface area (Å²) in [4.78, 5) is 17.1. The van der Waals surface area contributed by atoms with Gasteiger partial charge in [-0.2, -0.15) is 5.10 Å². The minimum absolute atomic E-state index is 0.144. The number of aryl methyl sites for hydroxylation is 1. The van der Waals surface area contributed by atoms with Gasteiger partial charge >= 0.3 is 0 Å². The van der Waals surface area contributed by atoms with Crippen molar-refractivity contribution >= 4 is 5.91 Å². The number of para-hydroxylation sites is 1. The molecule has 0 aliphatic carbocycles. The molecule has 1 amide bonds. The summed E-state index contributed by atoms with van der Waals surface area (Å²) in [6.07, 6.45) is 0. The summed E-state index contributed by atoms with van der Waals surface area (Å²) in [5, 5.41) is 6.93. The van der Waals surface area contributed by atoms with Crippen LogP contribution in [0.5, 0.6) is 0 Å². The standard InChI is InChI=1S/C19H25F2N5O/c1-3-24-9-11-25(12-10-24)8-7-22-19(27)17-13-14(2)26(23-17)18-15(20)5-4-6-16(18)21/h4-6,13H,3,7-12H2,1-2H3,(H,22,27). The molecule has 1 saturated heterocycles. The lowest BCUT2D eigenvalue weighted by Crippen LogP contribution is -2.48. The normalized spacial score (nSPS) is 15.9. The monoisotopic (exact) mass is 377 g/mol. The van der Waals surface area contributed by atoms with E-state index in [0.29, 0.717) is 12.2 Å². The first-order valence-electron chi connectivity index (χ1n) is 9.23. The number of likely N-dealkylation sites (N-methyl/N-ethyl adjacent to an activating group) is 1. The third-order valence-corrected chi connectivity index (χ3v) is 4.90. The highest BCUT2D eigenvalue weighted by atomic mass is 19.1. The van der Waals surface area contributed by atoms with Gasteiger partial charge in [0.15, 0.2) is 17.3 Å². The summed E-state index contributed by atoms with van der Waals surface area (Å²) in [5.41, 5.74) is 0.355. The van der Waals surface area contributed by atoms with Crippen LogP contribution in [0.1, 0.15) is 23.1 Å². The molecule has 2 aromatic rings. The molecule has 0 atom stereocenters. The fourth-order valence-electron chi connectivity index (χ4n) is 3.25. The highest BCUT2D eigenvalue weighted by molar-refractivity contribution is 5.92. The Morgan fingerprint density at radius 3 is 2.41 bits per heavy atom. The maximum Gasteiger partial charge on any atom is 0.271 e. The van der Waals surface area contributed by atoms with E-state index in [2.05, 4.69) is 27.1 Å². The number of rotatable bonds is 6. The molecule has 0 unspecified atom stereocenters. The molecule has 1 aliphatic heterocycles. The van der Waals surface area contributed by atoms with E-state index in [0.717, 1.165) is 56.1 Å². The van der Waals surface area contributed by atoms with Crippen molar-refractivity contribution < 1.29 is 13.6 Å². The van der Waals surface area contributed by atoms with Crippen molar-refractivity contribution in [1.82, 2.24) is 24.9 Å². The molecule has 0 saturated carbocycles. The molecule has 1 aliphatic rings. The number of piperazine rings is 1. The Hall–Kier alpha value is -2.32. The van der Waals surface area contributed by atoms with E-state index in [-0.39, 0.29) is 17.3 Å². The van der Waals surface area contributed by atoms with Crippen molar-refractivity contribution in [3.8, 4) is 5.69 Å².